The van der Waals surface area contributed by atoms with E-state index in [1.54, 1.807) is 18.2 Å². The Bertz CT molecular complexity index is 808. The number of carbonyl (C=O) groups is 1. The highest BCUT2D eigenvalue weighted by molar-refractivity contribution is 5.94. The predicted molar refractivity (Wildman–Crippen MR) is 102 cm³/mol. The molecule has 3 N–H and O–H groups in total. The van der Waals surface area contributed by atoms with Crippen molar-refractivity contribution in [3.63, 3.8) is 0 Å². The lowest BCUT2D eigenvalue weighted by molar-refractivity contribution is 0.0955. The summed E-state index contributed by atoms with van der Waals surface area (Å²) in [7, 11) is 0. The summed E-state index contributed by atoms with van der Waals surface area (Å²) >= 11 is 0. The average Bonchev–Trinajstić information content (AvgIpc) is 2.67. The quantitative estimate of drug-likeness (QED) is 0.516. The molecule has 0 spiro atoms. The first-order chi connectivity index (χ1) is 13.0. The van der Waals surface area contributed by atoms with Crippen molar-refractivity contribution >= 4 is 11.9 Å². The van der Waals surface area contributed by atoms with E-state index in [9.17, 15) is 13.6 Å². The van der Waals surface area contributed by atoms with E-state index in [0.717, 1.165) is 23.8 Å². The molecule has 0 aliphatic rings. The highest BCUT2D eigenvalue weighted by Gasteiger charge is 2.07. The molecule has 0 radical (unpaired) electrons. The van der Waals surface area contributed by atoms with E-state index in [1.165, 1.54) is 0 Å². The van der Waals surface area contributed by atoms with Crippen molar-refractivity contribution in [1.29, 1.82) is 0 Å². The van der Waals surface area contributed by atoms with Crippen LogP contribution in [0.15, 0.2) is 47.5 Å². The Morgan fingerprint density at radius 1 is 1.00 bits per heavy atom. The second-order valence-corrected chi connectivity index (χ2v) is 5.84. The summed E-state index contributed by atoms with van der Waals surface area (Å²) in [5, 5.41) is 8.80. The first-order valence-electron chi connectivity index (χ1n) is 8.86. The third kappa shape index (κ3) is 6.36. The van der Waals surface area contributed by atoms with Crippen molar-refractivity contribution in [2.45, 2.75) is 26.9 Å². The largest absolute Gasteiger partial charge is 0.357 e. The molecule has 0 aliphatic carbocycles. The summed E-state index contributed by atoms with van der Waals surface area (Å²) < 4.78 is 27.0. The predicted octanol–water partition coefficient (Wildman–Crippen LogP) is 2.97. The van der Waals surface area contributed by atoms with Crippen LogP contribution in [0.5, 0.6) is 0 Å². The molecule has 0 heterocycles. The first-order valence-corrected chi connectivity index (χ1v) is 8.86. The minimum Gasteiger partial charge on any atom is -0.357 e. The Morgan fingerprint density at radius 3 is 2.52 bits per heavy atom. The maximum Gasteiger partial charge on any atom is 0.251 e. The summed E-state index contributed by atoms with van der Waals surface area (Å²) in [5.74, 6) is -0.619. The standard InChI is InChI=1S/C20H24F2N4O/c1-3-23-19(27)15-7-5-6-14(10-15)12-25-20(24-4-2)26-13-16-11-17(21)8-9-18(16)22/h5-11H,3-4,12-13H2,1-2H3,(H,23,27)(H2,24,25,26). The zero-order valence-electron chi connectivity index (χ0n) is 15.5. The number of hydrogen-bond acceptors (Lipinski definition) is 2. The van der Waals surface area contributed by atoms with Crippen molar-refractivity contribution in [3.8, 4) is 0 Å². The molecule has 0 atom stereocenters. The van der Waals surface area contributed by atoms with Gasteiger partial charge in [-0.2, -0.15) is 0 Å². The second kappa shape index (κ2) is 10.3. The van der Waals surface area contributed by atoms with Gasteiger partial charge in [-0.05, 0) is 49.7 Å². The minimum absolute atomic E-state index is 0.106. The normalized spacial score (nSPS) is 11.2. The topological polar surface area (TPSA) is 65.5 Å². The van der Waals surface area contributed by atoms with E-state index in [1.807, 2.05) is 19.9 Å². The molecule has 27 heavy (non-hydrogen) atoms. The molecular weight excluding hydrogens is 350 g/mol. The van der Waals surface area contributed by atoms with Gasteiger partial charge in [-0.15, -0.1) is 0 Å². The van der Waals surface area contributed by atoms with Crippen LogP contribution < -0.4 is 16.0 Å². The maximum absolute atomic E-state index is 13.7. The molecule has 5 nitrogen and oxygen atoms in total. The van der Waals surface area contributed by atoms with Crippen molar-refractivity contribution in [3.05, 3.63) is 70.8 Å². The van der Waals surface area contributed by atoms with Crippen LogP contribution in [0.4, 0.5) is 8.78 Å². The number of carbonyl (C=O) groups excluding carboxylic acids is 1. The van der Waals surface area contributed by atoms with Gasteiger partial charge < -0.3 is 16.0 Å². The van der Waals surface area contributed by atoms with Crippen molar-refractivity contribution in [2.24, 2.45) is 4.99 Å². The highest BCUT2D eigenvalue weighted by atomic mass is 19.1. The van der Waals surface area contributed by atoms with Crippen LogP contribution in [0.3, 0.4) is 0 Å². The van der Waals surface area contributed by atoms with Gasteiger partial charge in [0.2, 0.25) is 0 Å². The molecule has 2 rings (SSSR count). The summed E-state index contributed by atoms with van der Waals surface area (Å²) in [6.07, 6.45) is 0. The Kier molecular flexibility index (Phi) is 7.73. The number of guanidine groups is 1. The van der Waals surface area contributed by atoms with Gasteiger partial charge in [0.25, 0.3) is 5.91 Å². The number of nitrogens with one attached hydrogen (secondary N) is 3. The third-order valence-corrected chi connectivity index (χ3v) is 3.74. The number of nitrogens with zero attached hydrogens (tertiary/aromatic N) is 1. The van der Waals surface area contributed by atoms with Crippen LogP contribution in [-0.4, -0.2) is 25.0 Å². The van der Waals surface area contributed by atoms with Crippen LogP contribution in [0.1, 0.15) is 35.3 Å². The molecule has 0 aromatic heterocycles. The number of aliphatic imine (C=N–C) groups is 1. The Balaban J connectivity index is 2.05. The lowest BCUT2D eigenvalue weighted by atomic mass is 10.1. The van der Waals surface area contributed by atoms with Gasteiger partial charge in [0.05, 0.1) is 6.54 Å². The molecule has 1 amide bonds. The van der Waals surface area contributed by atoms with Crippen LogP contribution in [0.2, 0.25) is 0 Å². The Hall–Kier alpha value is -2.96. The molecule has 0 aliphatic heterocycles. The van der Waals surface area contributed by atoms with Crippen LogP contribution in [-0.2, 0) is 13.1 Å². The van der Waals surface area contributed by atoms with Crippen molar-refractivity contribution < 1.29 is 13.6 Å². The monoisotopic (exact) mass is 374 g/mol. The number of benzene rings is 2. The highest BCUT2D eigenvalue weighted by Crippen LogP contribution is 2.10. The molecule has 0 fully saturated rings. The average molecular weight is 374 g/mol. The number of amides is 1. The summed E-state index contributed by atoms with van der Waals surface area (Å²) in [6.45, 7) is 5.41. The van der Waals surface area contributed by atoms with Crippen molar-refractivity contribution in [1.82, 2.24) is 16.0 Å². The molecule has 0 bridgehead atoms. The zero-order chi connectivity index (χ0) is 19.6. The van der Waals surface area contributed by atoms with E-state index < -0.39 is 11.6 Å². The van der Waals surface area contributed by atoms with Gasteiger partial charge in [0.1, 0.15) is 11.6 Å². The first kappa shape index (κ1) is 20.4. The van der Waals surface area contributed by atoms with Gasteiger partial charge in [-0.25, -0.2) is 13.8 Å². The third-order valence-electron chi connectivity index (χ3n) is 3.74. The molecule has 0 saturated carbocycles. The lowest BCUT2D eigenvalue weighted by Gasteiger charge is -2.12. The van der Waals surface area contributed by atoms with E-state index in [-0.39, 0.29) is 18.0 Å². The van der Waals surface area contributed by atoms with Crippen LogP contribution in [0, 0.1) is 11.6 Å². The molecule has 2 aromatic rings. The maximum atomic E-state index is 13.7. The smallest absolute Gasteiger partial charge is 0.251 e. The lowest BCUT2D eigenvalue weighted by Crippen LogP contribution is -2.37. The van der Waals surface area contributed by atoms with E-state index in [4.69, 9.17) is 0 Å². The van der Waals surface area contributed by atoms with E-state index in [0.29, 0.717) is 31.2 Å². The molecular formula is C20H24F2N4O. The fourth-order valence-electron chi connectivity index (χ4n) is 2.44. The summed E-state index contributed by atoms with van der Waals surface area (Å²) in [4.78, 5) is 16.4. The molecule has 2 aromatic carbocycles. The fraction of sp³-hybridized carbons (Fsp3) is 0.300. The minimum atomic E-state index is -0.489. The van der Waals surface area contributed by atoms with Crippen LogP contribution in [0.25, 0.3) is 0 Å². The number of hydrogen-bond donors (Lipinski definition) is 3. The zero-order valence-corrected chi connectivity index (χ0v) is 15.5. The van der Waals surface area contributed by atoms with Gasteiger partial charge in [0.15, 0.2) is 5.96 Å². The molecule has 0 unspecified atom stereocenters. The Morgan fingerprint density at radius 2 is 1.78 bits per heavy atom. The second-order valence-electron chi connectivity index (χ2n) is 5.84. The fourth-order valence-corrected chi connectivity index (χ4v) is 2.44. The van der Waals surface area contributed by atoms with E-state index >= 15 is 0 Å². The number of halogens is 2. The van der Waals surface area contributed by atoms with Crippen molar-refractivity contribution in [2.75, 3.05) is 13.1 Å². The van der Waals surface area contributed by atoms with Gasteiger partial charge in [0, 0.05) is 30.8 Å². The van der Waals surface area contributed by atoms with Gasteiger partial charge in [-0.1, -0.05) is 12.1 Å². The summed E-state index contributed by atoms with van der Waals surface area (Å²) in [5.41, 5.74) is 1.66. The molecule has 144 valence electrons. The van der Waals surface area contributed by atoms with Gasteiger partial charge in [-0.3, -0.25) is 4.79 Å². The SMILES string of the molecule is CCNC(=O)c1cccc(CN=C(NCC)NCc2cc(F)ccc2F)c1. The molecule has 7 heteroatoms. The summed E-state index contributed by atoms with van der Waals surface area (Å²) in [6, 6.07) is 10.5. The van der Waals surface area contributed by atoms with Gasteiger partial charge >= 0.3 is 0 Å². The Labute approximate surface area is 157 Å². The number of rotatable bonds is 7. The van der Waals surface area contributed by atoms with E-state index in [2.05, 4.69) is 20.9 Å². The van der Waals surface area contributed by atoms with Crippen LogP contribution >= 0.6 is 0 Å². The molecule has 0 saturated heterocycles.